The van der Waals surface area contributed by atoms with Crippen LogP contribution in [0.2, 0.25) is 10.0 Å². The summed E-state index contributed by atoms with van der Waals surface area (Å²) >= 11 is 13.8. The van der Waals surface area contributed by atoms with E-state index in [1.165, 1.54) is 11.3 Å². The van der Waals surface area contributed by atoms with E-state index in [1.54, 1.807) is 12.1 Å². The number of hydrogen-bond acceptors (Lipinski definition) is 4. The van der Waals surface area contributed by atoms with Crippen LogP contribution >= 0.6 is 34.5 Å². The molecular formula is C19H18Cl2N2O2S. The molecule has 1 N–H and O–H groups in total. The molecule has 0 aliphatic heterocycles. The molecule has 0 atom stereocenters. The SMILES string of the molecule is CCOc1ccc(N=c2scc(-c3ccc(Cl)cc3Cl)n2CCO)cc1. The number of thiazole rings is 1. The molecule has 0 spiro atoms. The van der Waals surface area contributed by atoms with E-state index in [0.29, 0.717) is 23.2 Å². The molecule has 0 radical (unpaired) electrons. The van der Waals surface area contributed by atoms with Crippen LogP contribution in [0.25, 0.3) is 11.3 Å². The molecule has 3 rings (SSSR count). The summed E-state index contributed by atoms with van der Waals surface area (Å²) in [7, 11) is 0. The standard InChI is InChI=1S/C19H18Cl2N2O2S/c1-2-25-15-6-4-14(5-7-15)22-19-23(9-10-24)18(12-26-19)16-8-3-13(20)11-17(16)21/h3-8,11-12,24H,2,9-10H2,1H3. The van der Waals surface area contributed by atoms with Gasteiger partial charge in [-0.15, -0.1) is 11.3 Å². The van der Waals surface area contributed by atoms with Crippen LogP contribution in [-0.2, 0) is 6.54 Å². The quantitative estimate of drug-likeness (QED) is 0.612. The highest BCUT2D eigenvalue weighted by Crippen LogP contribution is 2.31. The van der Waals surface area contributed by atoms with Crippen LogP contribution in [0.1, 0.15) is 6.92 Å². The summed E-state index contributed by atoms with van der Waals surface area (Å²) in [4.78, 5) is 5.48. The summed E-state index contributed by atoms with van der Waals surface area (Å²) in [5.74, 6) is 0.814. The predicted octanol–water partition coefficient (Wildman–Crippen LogP) is 5.15. The molecule has 0 saturated carbocycles. The third kappa shape index (κ3) is 4.30. The minimum absolute atomic E-state index is 0.00536. The first-order chi connectivity index (χ1) is 12.6. The molecule has 4 nitrogen and oxygen atoms in total. The van der Waals surface area contributed by atoms with Crippen molar-refractivity contribution < 1.29 is 9.84 Å². The van der Waals surface area contributed by atoms with Gasteiger partial charge in [0.15, 0.2) is 4.80 Å². The Morgan fingerprint density at radius 1 is 1.15 bits per heavy atom. The third-order valence-corrected chi connectivity index (χ3v) is 5.11. The Morgan fingerprint density at radius 3 is 2.58 bits per heavy atom. The van der Waals surface area contributed by atoms with E-state index < -0.39 is 0 Å². The van der Waals surface area contributed by atoms with Crippen LogP contribution in [-0.4, -0.2) is 22.9 Å². The Labute approximate surface area is 165 Å². The summed E-state index contributed by atoms with van der Waals surface area (Å²) < 4.78 is 7.41. The van der Waals surface area contributed by atoms with E-state index in [9.17, 15) is 5.11 Å². The van der Waals surface area contributed by atoms with Crippen LogP contribution in [0.15, 0.2) is 52.8 Å². The fourth-order valence-electron chi connectivity index (χ4n) is 2.54. The van der Waals surface area contributed by atoms with Crippen LogP contribution in [0.5, 0.6) is 5.75 Å². The molecule has 0 bridgehead atoms. The fraction of sp³-hybridized carbons (Fsp3) is 0.211. The minimum Gasteiger partial charge on any atom is -0.494 e. The van der Waals surface area contributed by atoms with Gasteiger partial charge in [-0.3, -0.25) is 0 Å². The van der Waals surface area contributed by atoms with E-state index >= 15 is 0 Å². The first-order valence-corrected chi connectivity index (χ1v) is 9.78. The molecule has 0 fully saturated rings. The van der Waals surface area contributed by atoms with E-state index in [0.717, 1.165) is 27.5 Å². The van der Waals surface area contributed by atoms with Crippen LogP contribution < -0.4 is 9.54 Å². The highest BCUT2D eigenvalue weighted by Gasteiger charge is 2.11. The Hall–Kier alpha value is -1.79. The average molecular weight is 409 g/mol. The van der Waals surface area contributed by atoms with Crippen molar-refractivity contribution in [3.05, 3.63) is 62.7 Å². The number of nitrogens with zero attached hydrogens (tertiary/aromatic N) is 2. The van der Waals surface area contributed by atoms with Gasteiger partial charge in [0.25, 0.3) is 0 Å². The maximum Gasteiger partial charge on any atom is 0.190 e. The maximum atomic E-state index is 9.48. The van der Waals surface area contributed by atoms with Crippen molar-refractivity contribution in [1.82, 2.24) is 4.57 Å². The summed E-state index contributed by atoms with van der Waals surface area (Å²) in [6.45, 7) is 3.01. The van der Waals surface area contributed by atoms with Crippen molar-refractivity contribution in [3.63, 3.8) is 0 Å². The molecule has 26 heavy (non-hydrogen) atoms. The lowest BCUT2D eigenvalue weighted by molar-refractivity contribution is 0.275. The molecule has 0 amide bonds. The zero-order chi connectivity index (χ0) is 18.5. The lowest BCUT2D eigenvalue weighted by atomic mass is 10.1. The summed E-state index contributed by atoms with van der Waals surface area (Å²) in [6.07, 6.45) is 0. The lowest BCUT2D eigenvalue weighted by Gasteiger charge is -2.09. The van der Waals surface area contributed by atoms with Gasteiger partial charge in [-0.05, 0) is 49.4 Å². The van der Waals surface area contributed by atoms with Gasteiger partial charge in [-0.25, -0.2) is 4.99 Å². The van der Waals surface area contributed by atoms with Crippen LogP contribution in [0.3, 0.4) is 0 Å². The number of ether oxygens (including phenoxy) is 1. The fourth-order valence-corrected chi connectivity index (χ4v) is 3.99. The van der Waals surface area contributed by atoms with Crippen molar-refractivity contribution in [2.24, 2.45) is 4.99 Å². The molecule has 7 heteroatoms. The van der Waals surface area contributed by atoms with Crippen molar-refractivity contribution in [2.45, 2.75) is 13.5 Å². The van der Waals surface area contributed by atoms with Gasteiger partial charge in [0, 0.05) is 22.5 Å². The number of hydrogen-bond donors (Lipinski definition) is 1. The zero-order valence-electron chi connectivity index (χ0n) is 14.2. The van der Waals surface area contributed by atoms with Crippen molar-refractivity contribution in [3.8, 4) is 17.0 Å². The van der Waals surface area contributed by atoms with Gasteiger partial charge in [0.1, 0.15) is 5.75 Å². The zero-order valence-corrected chi connectivity index (χ0v) is 16.5. The molecule has 136 valence electrons. The van der Waals surface area contributed by atoms with Gasteiger partial charge in [-0.1, -0.05) is 23.2 Å². The van der Waals surface area contributed by atoms with Gasteiger partial charge in [0.05, 0.1) is 29.6 Å². The predicted molar refractivity (Wildman–Crippen MR) is 108 cm³/mol. The number of aromatic nitrogens is 1. The second-order valence-corrected chi connectivity index (χ2v) is 7.12. The van der Waals surface area contributed by atoms with Crippen molar-refractivity contribution >= 4 is 40.2 Å². The maximum absolute atomic E-state index is 9.48. The van der Waals surface area contributed by atoms with Gasteiger partial charge in [0.2, 0.25) is 0 Å². The number of aliphatic hydroxyl groups is 1. The molecule has 0 aliphatic rings. The topological polar surface area (TPSA) is 46.8 Å². The molecule has 1 heterocycles. The van der Waals surface area contributed by atoms with Gasteiger partial charge in [-0.2, -0.15) is 0 Å². The van der Waals surface area contributed by atoms with Crippen LogP contribution in [0, 0.1) is 0 Å². The highest BCUT2D eigenvalue weighted by molar-refractivity contribution is 7.07. The largest absolute Gasteiger partial charge is 0.494 e. The number of halogens is 2. The summed E-state index contributed by atoms with van der Waals surface area (Å²) in [5, 5.41) is 12.6. The van der Waals surface area contributed by atoms with E-state index in [-0.39, 0.29) is 6.61 Å². The van der Waals surface area contributed by atoms with Crippen molar-refractivity contribution in [1.29, 1.82) is 0 Å². The Kier molecular flexibility index (Phi) is 6.38. The van der Waals surface area contributed by atoms with E-state index in [1.807, 2.05) is 47.2 Å². The van der Waals surface area contributed by atoms with E-state index in [4.69, 9.17) is 32.9 Å². The van der Waals surface area contributed by atoms with Gasteiger partial charge >= 0.3 is 0 Å². The Balaban J connectivity index is 2.04. The molecular weight excluding hydrogens is 391 g/mol. The third-order valence-electron chi connectivity index (χ3n) is 3.70. The first kappa shape index (κ1) is 19.0. The molecule has 3 aromatic rings. The van der Waals surface area contributed by atoms with E-state index in [2.05, 4.69) is 0 Å². The smallest absolute Gasteiger partial charge is 0.190 e. The first-order valence-electron chi connectivity index (χ1n) is 8.14. The average Bonchev–Trinajstić information content (AvgIpc) is 3.00. The second kappa shape index (κ2) is 8.73. The normalized spacial score (nSPS) is 11.8. The molecule has 0 unspecified atom stereocenters. The van der Waals surface area contributed by atoms with Gasteiger partial charge < -0.3 is 14.4 Å². The summed E-state index contributed by atoms with van der Waals surface area (Å²) in [6, 6.07) is 13.0. The summed E-state index contributed by atoms with van der Waals surface area (Å²) in [5.41, 5.74) is 2.57. The molecule has 0 saturated heterocycles. The highest BCUT2D eigenvalue weighted by atomic mass is 35.5. The Bertz CT molecular complexity index is 949. The second-order valence-electron chi connectivity index (χ2n) is 5.44. The van der Waals surface area contributed by atoms with Crippen molar-refractivity contribution in [2.75, 3.05) is 13.2 Å². The molecule has 2 aromatic carbocycles. The lowest BCUT2D eigenvalue weighted by Crippen LogP contribution is -2.18. The molecule has 1 aromatic heterocycles. The monoisotopic (exact) mass is 408 g/mol. The number of aliphatic hydroxyl groups excluding tert-OH is 1. The Morgan fingerprint density at radius 2 is 1.92 bits per heavy atom. The minimum atomic E-state index is 0.00536. The number of rotatable bonds is 6. The molecule has 0 aliphatic carbocycles. The number of benzene rings is 2. The van der Waals surface area contributed by atoms with Crippen LogP contribution in [0.4, 0.5) is 5.69 Å².